The molecule has 0 bridgehead atoms. The summed E-state index contributed by atoms with van der Waals surface area (Å²) >= 11 is 1.72. The summed E-state index contributed by atoms with van der Waals surface area (Å²) in [7, 11) is 0. The van der Waals surface area contributed by atoms with E-state index in [0.29, 0.717) is 5.92 Å². The Morgan fingerprint density at radius 1 is 1.35 bits per heavy atom. The summed E-state index contributed by atoms with van der Waals surface area (Å²) in [5, 5.41) is 0. The lowest BCUT2D eigenvalue weighted by molar-refractivity contribution is 0.178. The molecule has 1 fully saturated rings. The largest absolute Gasteiger partial charge is 0.271 e. The van der Waals surface area contributed by atoms with E-state index in [-0.39, 0.29) is 6.04 Å². The van der Waals surface area contributed by atoms with E-state index in [1.807, 2.05) is 5.51 Å². The van der Waals surface area contributed by atoms with E-state index < -0.39 is 0 Å². The molecule has 2 rings (SSSR count). The molecule has 1 aliphatic rings. The van der Waals surface area contributed by atoms with Crippen LogP contribution in [0.3, 0.4) is 0 Å². The van der Waals surface area contributed by atoms with Gasteiger partial charge in [-0.1, -0.05) is 13.8 Å². The molecule has 1 aliphatic carbocycles. The van der Waals surface area contributed by atoms with Crippen molar-refractivity contribution in [2.75, 3.05) is 0 Å². The molecule has 1 heterocycles. The van der Waals surface area contributed by atoms with Gasteiger partial charge in [-0.25, -0.2) is 4.98 Å². The number of nitrogens with zero attached hydrogens (tertiary/aromatic N) is 1. The Labute approximate surface area is 108 Å². The van der Waals surface area contributed by atoms with Gasteiger partial charge in [0, 0.05) is 4.88 Å². The smallest absolute Gasteiger partial charge is 0.0798 e. The minimum absolute atomic E-state index is 0.285. The third-order valence-electron chi connectivity index (χ3n) is 3.93. The zero-order chi connectivity index (χ0) is 12.4. The van der Waals surface area contributed by atoms with Gasteiger partial charge in [-0.2, -0.15) is 0 Å². The van der Waals surface area contributed by atoms with Gasteiger partial charge < -0.3 is 0 Å². The molecule has 3 unspecified atom stereocenters. The quantitative estimate of drug-likeness (QED) is 0.643. The van der Waals surface area contributed by atoms with E-state index in [1.54, 1.807) is 11.3 Å². The van der Waals surface area contributed by atoms with Gasteiger partial charge in [-0.15, -0.1) is 11.3 Å². The molecule has 0 spiro atoms. The van der Waals surface area contributed by atoms with E-state index in [2.05, 4.69) is 31.2 Å². The van der Waals surface area contributed by atoms with Crippen LogP contribution in [0.5, 0.6) is 0 Å². The van der Waals surface area contributed by atoms with Crippen molar-refractivity contribution in [1.82, 2.24) is 10.4 Å². The second kappa shape index (κ2) is 5.46. The number of aromatic nitrogens is 1. The van der Waals surface area contributed by atoms with Gasteiger partial charge >= 0.3 is 0 Å². The van der Waals surface area contributed by atoms with Crippen molar-refractivity contribution >= 4 is 11.3 Å². The maximum Gasteiger partial charge on any atom is 0.0798 e. The number of hydrogen-bond acceptors (Lipinski definition) is 4. The maximum absolute atomic E-state index is 5.78. The highest BCUT2D eigenvalue weighted by molar-refractivity contribution is 7.09. The Morgan fingerprint density at radius 2 is 2.00 bits per heavy atom. The number of hydrogen-bond donors (Lipinski definition) is 2. The van der Waals surface area contributed by atoms with Crippen LogP contribution in [0.25, 0.3) is 0 Å². The molecule has 0 saturated heterocycles. The molecule has 4 heteroatoms. The molecule has 1 aromatic heterocycles. The molecule has 0 radical (unpaired) electrons. The second-order valence-corrected chi connectivity index (χ2v) is 6.51. The first-order valence-corrected chi connectivity index (χ1v) is 7.35. The molecule has 3 atom stereocenters. The Balaban J connectivity index is 2.15. The third kappa shape index (κ3) is 2.87. The van der Waals surface area contributed by atoms with Crippen LogP contribution < -0.4 is 11.3 Å². The third-order valence-corrected chi connectivity index (χ3v) is 4.95. The van der Waals surface area contributed by atoms with E-state index >= 15 is 0 Å². The van der Waals surface area contributed by atoms with Crippen molar-refractivity contribution in [2.45, 2.75) is 46.1 Å². The van der Waals surface area contributed by atoms with Crippen LogP contribution in [-0.2, 0) is 0 Å². The maximum atomic E-state index is 5.78. The lowest BCUT2D eigenvalue weighted by Crippen LogP contribution is -2.36. The van der Waals surface area contributed by atoms with Gasteiger partial charge in [0.1, 0.15) is 0 Å². The first kappa shape index (κ1) is 13.0. The number of thiazole rings is 1. The Kier molecular flexibility index (Phi) is 4.17. The fourth-order valence-electron chi connectivity index (χ4n) is 3.32. The average Bonchev–Trinajstić information content (AvgIpc) is 2.65. The first-order chi connectivity index (χ1) is 8.11. The number of aryl methyl sites for hydroxylation is 1. The number of rotatable bonds is 3. The monoisotopic (exact) mass is 253 g/mol. The molecule has 1 saturated carbocycles. The van der Waals surface area contributed by atoms with Crippen molar-refractivity contribution in [3.05, 3.63) is 16.1 Å². The van der Waals surface area contributed by atoms with E-state index in [9.17, 15) is 0 Å². The zero-order valence-electron chi connectivity index (χ0n) is 10.9. The summed E-state index contributed by atoms with van der Waals surface area (Å²) in [5.41, 5.74) is 6.08. The highest BCUT2D eigenvalue weighted by Gasteiger charge is 2.31. The Morgan fingerprint density at radius 3 is 2.47 bits per heavy atom. The number of nitrogens with one attached hydrogen (secondary N) is 1. The molecular weight excluding hydrogens is 230 g/mol. The van der Waals surface area contributed by atoms with E-state index in [1.165, 1.54) is 24.1 Å². The number of hydrazine groups is 1. The lowest BCUT2D eigenvalue weighted by atomic mass is 9.73. The average molecular weight is 253 g/mol. The van der Waals surface area contributed by atoms with Gasteiger partial charge in [0.05, 0.1) is 17.2 Å². The van der Waals surface area contributed by atoms with E-state index in [0.717, 1.165) is 17.5 Å². The van der Waals surface area contributed by atoms with Crippen molar-refractivity contribution in [3.8, 4) is 0 Å². The summed E-state index contributed by atoms with van der Waals surface area (Å²) < 4.78 is 0. The topological polar surface area (TPSA) is 50.9 Å². The van der Waals surface area contributed by atoms with Gasteiger partial charge in [0.15, 0.2) is 0 Å². The molecule has 0 amide bonds. The predicted octanol–water partition coefficient (Wildman–Crippen LogP) is 3.03. The van der Waals surface area contributed by atoms with Crippen molar-refractivity contribution in [2.24, 2.45) is 23.6 Å². The summed E-state index contributed by atoms with van der Waals surface area (Å²) in [6.45, 7) is 6.79. The van der Waals surface area contributed by atoms with Crippen LogP contribution >= 0.6 is 11.3 Å². The van der Waals surface area contributed by atoms with Crippen LogP contribution in [0, 0.1) is 24.7 Å². The van der Waals surface area contributed by atoms with Gasteiger partial charge in [-0.05, 0) is 43.9 Å². The molecule has 1 aromatic rings. The molecule has 3 nitrogen and oxygen atoms in total. The minimum atomic E-state index is 0.285. The van der Waals surface area contributed by atoms with Crippen molar-refractivity contribution in [3.63, 3.8) is 0 Å². The van der Waals surface area contributed by atoms with Crippen LogP contribution in [0.4, 0.5) is 0 Å². The summed E-state index contributed by atoms with van der Waals surface area (Å²) in [5.74, 6) is 8.06. The summed E-state index contributed by atoms with van der Waals surface area (Å²) in [4.78, 5) is 5.66. The van der Waals surface area contributed by atoms with Gasteiger partial charge in [-0.3, -0.25) is 11.3 Å². The van der Waals surface area contributed by atoms with Crippen LogP contribution in [-0.4, -0.2) is 4.98 Å². The standard InChI is InChI=1S/C13H23N3S/c1-8-4-9(2)6-11(5-8)12(16-14)13-10(3)15-7-17-13/h7-9,11-12,16H,4-6,14H2,1-3H3. The fraction of sp³-hybridized carbons (Fsp3) is 0.769. The van der Waals surface area contributed by atoms with Crippen LogP contribution in [0.1, 0.15) is 49.7 Å². The fourth-order valence-corrected chi connectivity index (χ4v) is 4.27. The zero-order valence-corrected chi connectivity index (χ0v) is 11.8. The predicted molar refractivity (Wildman–Crippen MR) is 72.6 cm³/mol. The number of nitrogens with two attached hydrogens (primary N) is 1. The molecule has 0 aliphatic heterocycles. The normalized spacial score (nSPS) is 31.4. The van der Waals surface area contributed by atoms with Crippen LogP contribution in [0.15, 0.2) is 5.51 Å². The molecule has 17 heavy (non-hydrogen) atoms. The molecule has 96 valence electrons. The molecular formula is C13H23N3S. The minimum Gasteiger partial charge on any atom is -0.271 e. The lowest BCUT2D eigenvalue weighted by Gasteiger charge is -2.36. The first-order valence-electron chi connectivity index (χ1n) is 6.48. The Hall–Kier alpha value is -0.450. The summed E-state index contributed by atoms with van der Waals surface area (Å²) in [6, 6.07) is 0.285. The summed E-state index contributed by atoms with van der Waals surface area (Å²) in [6.07, 6.45) is 3.91. The van der Waals surface area contributed by atoms with Crippen molar-refractivity contribution in [1.29, 1.82) is 0 Å². The van der Waals surface area contributed by atoms with Crippen molar-refractivity contribution < 1.29 is 0 Å². The highest BCUT2D eigenvalue weighted by atomic mass is 32.1. The second-order valence-electron chi connectivity index (χ2n) is 5.62. The molecule has 3 N–H and O–H groups in total. The van der Waals surface area contributed by atoms with Gasteiger partial charge in [0.2, 0.25) is 0 Å². The van der Waals surface area contributed by atoms with Gasteiger partial charge in [0.25, 0.3) is 0 Å². The SMILES string of the molecule is Cc1ncsc1C(NN)C1CC(C)CC(C)C1. The molecule has 0 aromatic carbocycles. The highest BCUT2D eigenvalue weighted by Crippen LogP contribution is 2.41. The van der Waals surface area contributed by atoms with E-state index in [4.69, 9.17) is 5.84 Å². The van der Waals surface area contributed by atoms with Crippen LogP contribution in [0.2, 0.25) is 0 Å². The Bertz CT molecular complexity index is 353.